The Morgan fingerprint density at radius 3 is 1.80 bits per heavy atom. The molecule has 0 saturated heterocycles. The number of rotatable bonds is 2. The van der Waals surface area contributed by atoms with Crippen molar-refractivity contribution >= 4 is 0 Å². The van der Waals surface area contributed by atoms with Crippen LogP contribution in [0.25, 0.3) is 0 Å². The molecule has 1 unspecified atom stereocenters. The summed E-state index contributed by atoms with van der Waals surface area (Å²) in [6, 6.07) is 0. The maximum Gasteiger partial charge on any atom is 1.00 e. The van der Waals surface area contributed by atoms with Gasteiger partial charge >= 0.3 is 51.4 Å². The second-order valence-electron chi connectivity index (χ2n) is 3.64. The second-order valence-corrected chi connectivity index (χ2v) is 3.64. The second kappa shape index (κ2) is 6.15. The number of hydrogen-bond acceptors (Lipinski definition) is 1. The molecular weight excluding hydrogens is 151 g/mol. The molecule has 0 aromatic carbocycles. The molecule has 56 valence electrons. The molecule has 0 aliphatic rings. The summed E-state index contributed by atoms with van der Waals surface area (Å²) >= 11 is 0. The maximum absolute atomic E-state index is 11.1. The van der Waals surface area contributed by atoms with E-state index in [9.17, 15) is 5.11 Å². The van der Waals surface area contributed by atoms with E-state index in [2.05, 4.69) is 6.92 Å². The van der Waals surface area contributed by atoms with Gasteiger partial charge in [0, 0.05) is 0 Å². The van der Waals surface area contributed by atoms with Crippen molar-refractivity contribution in [2.45, 2.75) is 46.6 Å². The maximum atomic E-state index is 11.1. The molecule has 0 aromatic rings. The van der Waals surface area contributed by atoms with Crippen molar-refractivity contribution < 1.29 is 56.5 Å². The summed E-state index contributed by atoms with van der Waals surface area (Å²) in [5.74, 6) is 0. The molecule has 0 aliphatic carbocycles. The van der Waals surface area contributed by atoms with E-state index < -0.39 is 0 Å². The third-order valence-electron chi connectivity index (χ3n) is 1.52. The molecule has 0 N–H and O–H groups in total. The van der Waals surface area contributed by atoms with Crippen LogP contribution in [-0.4, -0.2) is 6.10 Å². The minimum absolute atomic E-state index is 0. The molecule has 0 amide bonds. The van der Waals surface area contributed by atoms with Crippen molar-refractivity contribution in [1.82, 2.24) is 0 Å². The third-order valence-corrected chi connectivity index (χ3v) is 1.52. The van der Waals surface area contributed by atoms with E-state index in [1.165, 1.54) is 0 Å². The zero-order chi connectivity index (χ0) is 7.49. The van der Waals surface area contributed by atoms with Gasteiger partial charge in [-0.3, -0.25) is 0 Å². The summed E-state index contributed by atoms with van der Waals surface area (Å²) in [7, 11) is 0. The van der Waals surface area contributed by atoms with Crippen molar-refractivity contribution in [3.8, 4) is 0 Å². The molecule has 0 aromatic heterocycles. The van der Waals surface area contributed by atoms with Crippen molar-refractivity contribution in [3.63, 3.8) is 0 Å². The molecule has 0 radical (unpaired) electrons. The molecule has 0 aliphatic heterocycles. The monoisotopic (exact) mass is 168 g/mol. The molecule has 2 heteroatoms. The van der Waals surface area contributed by atoms with Crippen LogP contribution in [0.5, 0.6) is 0 Å². The summed E-state index contributed by atoms with van der Waals surface area (Å²) in [6.07, 6.45) is 1.43. The van der Waals surface area contributed by atoms with Crippen LogP contribution in [0.15, 0.2) is 0 Å². The number of hydrogen-bond donors (Lipinski definition) is 0. The van der Waals surface area contributed by atoms with Crippen LogP contribution in [0.4, 0.5) is 0 Å². The van der Waals surface area contributed by atoms with Gasteiger partial charge in [0.25, 0.3) is 0 Å². The van der Waals surface area contributed by atoms with E-state index in [-0.39, 0.29) is 62.9 Å². The predicted octanol–water partition coefficient (Wildman–Crippen LogP) is -1.43. The Balaban J connectivity index is 0. The SMILES string of the molecule is CCCC([O-])C(C)(C)C.[K+]. The first kappa shape index (κ1) is 14.1. The normalized spacial score (nSPS) is 14.1. The van der Waals surface area contributed by atoms with Crippen LogP contribution in [0.2, 0.25) is 0 Å². The first-order valence-electron chi connectivity index (χ1n) is 3.64. The van der Waals surface area contributed by atoms with Crippen LogP contribution >= 0.6 is 0 Å². The Bertz CT molecular complexity index is 75.8. The zero-order valence-electron chi connectivity index (χ0n) is 7.90. The fourth-order valence-electron chi connectivity index (χ4n) is 0.695. The first-order valence-corrected chi connectivity index (χ1v) is 3.64. The van der Waals surface area contributed by atoms with Crippen LogP contribution in [0.3, 0.4) is 0 Å². The Labute approximate surface area is 107 Å². The third kappa shape index (κ3) is 6.32. The van der Waals surface area contributed by atoms with Crippen LogP contribution < -0.4 is 56.5 Å². The Kier molecular flexibility index (Phi) is 8.70. The van der Waals surface area contributed by atoms with E-state index in [1.54, 1.807) is 0 Å². The van der Waals surface area contributed by atoms with Gasteiger partial charge in [-0.1, -0.05) is 46.0 Å². The van der Waals surface area contributed by atoms with Crippen LogP contribution in [0, 0.1) is 5.41 Å². The summed E-state index contributed by atoms with van der Waals surface area (Å²) in [5.41, 5.74) is -0.0456. The average molecular weight is 168 g/mol. The van der Waals surface area contributed by atoms with Gasteiger partial charge in [0.1, 0.15) is 0 Å². The molecule has 0 spiro atoms. The summed E-state index contributed by atoms with van der Waals surface area (Å²) in [4.78, 5) is 0. The molecule has 0 rings (SSSR count). The van der Waals surface area contributed by atoms with Crippen molar-refractivity contribution in [2.75, 3.05) is 0 Å². The Morgan fingerprint density at radius 2 is 1.70 bits per heavy atom. The summed E-state index contributed by atoms with van der Waals surface area (Å²) < 4.78 is 0. The molecule has 0 heterocycles. The summed E-state index contributed by atoms with van der Waals surface area (Å²) in [5, 5.41) is 11.1. The van der Waals surface area contributed by atoms with E-state index in [4.69, 9.17) is 0 Å². The van der Waals surface area contributed by atoms with Gasteiger partial charge in [0.2, 0.25) is 0 Å². The minimum Gasteiger partial charge on any atom is -0.852 e. The largest absolute Gasteiger partial charge is 1.00 e. The molecule has 0 bridgehead atoms. The molecule has 0 fully saturated rings. The topological polar surface area (TPSA) is 23.1 Å². The first-order chi connectivity index (χ1) is 3.98. The van der Waals surface area contributed by atoms with E-state index in [0.29, 0.717) is 0 Å². The van der Waals surface area contributed by atoms with Gasteiger partial charge in [-0.2, -0.15) is 0 Å². The van der Waals surface area contributed by atoms with Crippen molar-refractivity contribution in [3.05, 3.63) is 0 Å². The van der Waals surface area contributed by atoms with Gasteiger partial charge < -0.3 is 5.11 Å². The Morgan fingerprint density at radius 1 is 1.30 bits per heavy atom. The quantitative estimate of drug-likeness (QED) is 0.463. The van der Waals surface area contributed by atoms with Gasteiger partial charge in [-0.25, -0.2) is 0 Å². The van der Waals surface area contributed by atoms with Crippen molar-refractivity contribution in [1.29, 1.82) is 0 Å². The van der Waals surface area contributed by atoms with Gasteiger partial charge in [0.05, 0.1) is 0 Å². The van der Waals surface area contributed by atoms with Crippen LogP contribution in [-0.2, 0) is 0 Å². The molecule has 1 atom stereocenters. The van der Waals surface area contributed by atoms with E-state index in [0.717, 1.165) is 12.8 Å². The standard InChI is InChI=1S/C8H17O.K/c1-5-6-7(9)8(2,3)4;/h7H,5-6H2,1-4H3;/q-1;+1. The smallest absolute Gasteiger partial charge is 0.852 e. The fraction of sp³-hybridized carbons (Fsp3) is 1.00. The van der Waals surface area contributed by atoms with Crippen LogP contribution in [0.1, 0.15) is 40.5 Å². The fourth-order valence-corrected chi connectivity index (χ4v) is 0.695. The van der Waals surface area contributed by atoms with E-state index >= 15 is 0 Å². The molecular formula is C8H17KO. The molecule has 1 nitrogen and oxygen atoms in total. The van der Waals surface area contributed by atoms with E-state index in [1.807, 2.05) is 20.8 Å². The molecule has 10 heavy (non-hydrogen) atoms. The average Bonchev–Trinajstić information content (AvgIpc) is 1.64. The van der Waals surface area contributed by atoms with Crippen molar-refractivity contribution in [2.24, 2.45) is 5.41 Å². The van der Waals surface area contributed by atoms with Gasteiger partial charge in [-0.15, -0.1) is 6.10 Å². The minimum atomic E-state index is -0.387. The summed E-state index contributed by atoms with van der Waals surface area (Å²) in [6.45, 7) is 8.05. The zero-order valence-corrected chi connectivity index (χ0v) is 11.0. The molecule has 0 saturated carbocycles. The Hall–Kier alpha value is 1.60. The predicted molar refractivity (Wildman–Crippen MR) is 38.2 cm³/mol. The van der Waals surface area contributed by atoms with Gasteiger partial charge in [-0.05, 0) is 0 Å². The van der Waals surface area contributed by atoms with Gasteiger partial charge in [0.15, 0.2) is 0 Å².